The van der Waals surface area contributed by atoms with Gasteiger partial charge < -0.3 is 34.3 Å². The van der Waals surface area contributed by atoms with Crippen LogP contribution in [0.4, 0.5) is 4.79 Å². The van der Waals surface area contributed by atoms with Gasteiger partial charge >= 0.3 is 30.0 Å². The Kier molecular flexibility index (Phi) is 15.1. The van der Waals surface area contributed by atoms with Gasteiger partial charge in [0.05, 0.1) is 0 Å². The molecule has 4 rings (SSSR count). The predicted octanol–water partition coefficient (Wildman–Crippen LogP) is 5.13. The summed E-state index contributed by atoms with van der Waals surface area (Å²) < 4.78 is 26.6. The molecule has 4 aromatic carbocycles. The molecule has 13 nitrogen and oxygen atoms in total. The summed E-state index contributed by atoms with van der Waals surface area (Å²) in [6.07, 6.45) is -1.55. The normalized spacial score (nSPS) is 11.6. The van der Waals surface area contributed by atoms with Crippen LogP contribution >= 0.6 is 0 Å². The van der Waals surface area contributed by atoms with Gasteiger partial charge in [0.25, 0.3) is 0 Å². The number of esters is 4. The lowest BCUT2D eigenvalue weighted by molar-refractivity contribution is -0.149. The Balaban J connectivity index is 1.53. The second-order valence-corrected chi connectivity index (χ2v) is 11.8. The van der Waals surface area contributed by atoms with E-state index in [2.05, 4.69) is 10.6 Å². The van der Waals surface area contributed by atoms with Gasteiger partial charge in [0.2, 0.25) is 5.91 Å². The molecule has 0 spiro atoms. The fourth-order valence-corrected chi connectivity index (χ4v) is 4.93. The summed E-state index contributed by atoms with van der Waals surface area (Å²) in [7, 11) is 0. The molecule has 0 aromatic heterocycles. The topological polar surface area (TPSA) is 173 Å². The van der Waals surface area contributed by atoms with Crippen LogP contribution in [0.1, 0.15) is 48.9 Å². The smallest absolute Gasteiger partial charge is 0.408 e. The largest absolute Gasteiger partial charge is 0.461 e. The Morgan fingerprint density at radius 3 is 1.60 bits per heavy atom. The van der Waals surface area contributed by atoms with E-state index in [1.165, 1.54) is 32.0 Å². The Bertz CT molecular complexity index is 1850. The maximum absolute atomic E-state index is 13.8. The van der Waals surface area contributed by atoms with E-state index in [4.69, 9.17) is 23.7 Å². The van der Waals surface area contributed by atoms with Crippen molar-refractivity contribution >= 4 is 35.9 Å². The molecule has 53 heavy (non-hydrogen) atoms. The molecule has 2 atom stereocenters. The Hall–Kier alpha value is -6.50. The number of amides is 2. The molecule has 0 bridgehead atoms. The highest BCUT2D eigenvalue weighted by atomic mass is 16.6. The summed E-state index contributed by atoms with van der Waals surface area (Å²) in [5, 5.41) is 5.14. The van der Waals surface area contributed by atoms with Crippen LogP contribution in [0.5, 0.6) is 11.5 Å². The molecule has 0 aliphatic carbocycles. The van der Waals surface area contributed by atoms with Gasteiger partial charge in [-0.2, -0.15) is 0 Å². The van der Waals surface area contributed by atoms with E-state index in [1.807, 2.05) is 18.2 Å². The molecular formula is C40H40N2O11. The molecule has 0 unspecified atom stereocenters. The van der Waals surface area contributed by atoms with Crippen molar-refractivity contribution in [3.8, 4) is 11.5 Å². The zero-order valence-electron chi connectivity index (χ0n) is 29.3. The third kappa shape index (κ3) is 14.0. The molecule has 0 aliphatic heterocycles. The molecular weight excluding hydrogens is 684 g/mol. The third-order valence-electron chi connectivity index (χ3n) is 7.48. The van der Waals surface area contributed by atoms with Crippen LogP contribution in [0.3, 0.4) is 0 Å². The number of nitrogens with one attached hydrogen (secondary N) is 2. The van der Waals surface area contributed by atoms with Gasteiger partial charge in [0, 0.05) is 26.7 Å². The van der Waals surface area contributed by atoms with E-state index in [1.54, 1.807) is 72.8 Å². The van der Waals surface area contributed by atoms with Crippen LogP contribution in [-0.2, 0) is 64.4 Å². The average molecular weight is 725 g/mol. The van der Waals surface area contributed by atoms with E-state index in [-0.39, 0.29) is 50.6 Å². The van der Waals surface area contributed by atoms with Crippen LogP contribution in [-0.4, -0.2) is 48.0 Å². The minimum atomic E-state index is -1.34. The lowest BCUT2D eigenvalue weighted by atomic mass is 10.0. The molecule has 2 N–H and O–H groups in total. The summed E-state index contributed by atoms with van der Waals surface area (Å²) in [5.41, 5.74) is 2.58. The first-order valence-corrected chi connectivity index (χ1v) is 16.7. The average Bonchev–Trinajstić information content (AvgIpc) is 3.15. The van der Waals surface area contributed by atoms with Crippen molar-refractivity contribution < 1.29 is 52.5 Å². The van der Waals surface area contributed by atoms with Crippen LogP contribution in [0, 0.1) is 0 Å². The summed E-state index contributed by atoms with van der Waals surface area (Å²) in [5.74, 6) is -3.67. The van der Waals surface area contributed by atoms with Crippen LogP contribution in [0.25, 0.3) is 0 Å². The highest BCUT2D eigenvalue weighted by Gasteiger charge is 2.30. The first-order chi connectivity index (χ1) is 25.5. The fraction of sp³-hybridized carbons (Fsp3) is 0.250. The molecule has 0 saturated heterocycles. The van der Waals surface area contributed by atoms with E-state index < -0.39 is 48.0 Å². The van der Waals surface area contributed by atoms with Crippen LogP contribution in [0.2, 0.25) is 0 Å². The molecule has 0 fully saturated rings. The Morgan fingerprint density at radius 2 is 1.06 bits per heavy atom. The van der Waals surface area contributed by atoms with Crippen molar-refractivity contribution in [2.75, 3.05) is 0 Å². The van der Waals surface area contributed by atoms with Crippen molar-refractivity contribution in [2.24, 2.45) is 0 Å². The SMILES string of the molecule is CC(=O)Oc1ccc(C[C@H](NC(=O)[C@H](CCC(=O)OCc2ccccc2)NC(=O)OCc2ccccc2)C(=O)OCc2ccccc2)cc1OC(C)=O. The molecule has 0 saturated carbocycles. The minimum absolute atomic E-state index is 0.0178. The fourth-order valence-electron chi connectivity index (χ4n) is 4.93. The zero-order chi connectivity index (χ0) is 38.0. The number of hydrogen-bond acceptors (Lipinski definition) is 11. The molecule has 0 radical (unpaired) electrons. The van der Waals surface area contributed by atoms with Crippen molar-refractivity contribution in [2.45, 2.75) is 65.0 Å². The van der Waals surface area contributed by atoms with Crippen molar-refractivity contribution in [1.29, 1.82) is 0 Å². The number of hydrogen-bond donors (Lipinski definition) is 2. The number of ether oxygens (including phenoxy) is 5. The number of carbonyl (C=O) groups excluding carboxylic acids is 6. The number of rotatable bonds is 17. The maximum Gasteiger partial charge on any atom is 0.408 e. The minimum Gasteiger partial charge on any atom is -0.461 e. The van der Waals surface area contributed by atoms with Crippen LogP contribution < -0.4 is 20.1 Å². The third-order valence-corrected chi connectivity index (χ3v) is 7.48. The quantitative estimate of drug-likeness (QED) is 0.0841. The van der Waals surface area contributed by atoms with Gasteiger partial charge in [-0.15, -0.1) is 0 Å². The summed E-state index contributed by atoms with van der Waals surface area (Å²) in [4.78, 5) is 76.4. The highest BCUT2D eigenvalue weighted by molar-refractivity contribution is 5.90. The zero-order valence-corrected chi connectivity index (χ0v) is 29.3. The van der Waals surface area contributed by atoms with E-state index in [9.17, 15) is 28.8 Å². The van der Waals surface area contributed by atoms with Gasteiger partial charge in [-0.3, -0.25) is 19.2 Å². The number of benzene rings is 4. The van der Waals surface area contributed by atoms with Gasteiger partial charge in [-0.1, -0.05) is 97.1 Å². The number of carbonyl (C=O) groups is 6. The first kappa shape index (κ1) is 39.3. The summed E-state index contributed by atoms with van der Waals surface area (Å²) >= 11 is 0. The molecule has 276 valence electrons. The monoisotopic (exact) mass is 724 g/mol. The van der Waals surface area contributed by atoms with Crippen molar-refractivity contribution in [3.05, 3.63) is 131 Å². The second kappa shape index (κ2) is 20.4. The van der Waals surface area contributed by atoms with Crippen molar-refractivity contribution in [3.63, 3.8) is 0 Å². The molecule has 13 heteroatoms. The predicted molar refractivity (Wildman–Crippen MR) is 190 cm³/mol. The Labute approximate surface area is 306 Å². The number of alkyl carbamates (subject to hydrolysis) is 1. The molecule has 2 amide bonds. The van der Waals surface area contributed by atoms with E-state index in [0.717, 1.165) is 5.56 Å². The van der Waals surface area contributed by atoms with Gasteiger partial charge in [0.1, 0.15) is 31.9 Å². The molecule has 0 aliphatic rings. The molecule has 4 aromatic rings. The lowest BCUT2D eigenvalue weighted by Crippen LogP contribution is -2.52. The van der Waals surface area contributed by atoms with Crippen LogP contribution in [0.15, 0.2) is 109 Å². The van der Waals surface area contributed by atoms with Gasteiger partial charge in [-0.05, 0) is 40.8 Å². The standard InChI is InChI=1S/C40H40N2O11/c1-27(43)52-35-20-18-32(23-36(35)53-28(2)44)22-34(39(47)50-25-30-14-8-4-9-15-30)41-38(46)33(42-40(48)51-26-31-16-10-5-11-17-31)19-21-37(45)49-24-29-12-6-3-7-13-29/h3-18,20,23,33-34H,19,21-22,24-26H2,1-2H3,(H,41,46)(H,42,48)/t33-,34-/m0/s1. The van der Waals surface area contributed by atoms with E-state index in [0.29, 0.717) is 16.7 Å². The summed E-state index contributed by atoms with van der Waals surface area (Å²) in [6.45, 7) is 2.19. The highest BCUT2D eigenvalue weighted by Crippen LogP contribution is 2.29. The van der Waals surface area contributed by atoms with Crippen molar-refractivity contribution in [1.82, 2.24) is 10.6 Å². The maximum atomic E-state index is 13.8. The first-order valence-electron chi connectivity index (χ1n) is 16.7. The van der Waals surface area contributed by atoms with Gasteiger partial charge in [-0.25, -0.2) is 9.59 Å². The van der Waals surface area contributed by atoms with Gasteiger partial charge in [0.15, 0.2) is 11.5 Å². The summed E-state index contributed by atoms with van der Waals surface area (Å²) in [6, 6.07) is 28.5. The van der Waals surface area contributed by atoms with E-state index >= 15 is 0 Å². The Morgan fingerprint density at radius 1 is 0.547 bits per heavy atom. The molecule has 0 heterocycles. The lowest BCUT2D eigenvalue weighted by Gasteiger charge is -2.23. The second-order valence-electron chi connectivity index (χ2n) is 11.8.